The number of piperidine rings is 1. The molecule has 2 unspecified atom stereocenters. The van der Waals surface area contributed by atoms with Crippen molar-refractivity contribution in [3.8, 4) is 5.75 Å². The summed E-state index contributed by atoms with van der Waals surface area (Å²) in [5.74, 6) is -0.937. The summed E-state index contributed by atoms with van der Waals surface area (Å²) in [6, 6.07) is 5.26. The van der Waals surface area contributed by atoms with Crippen molar-refractivity contribution in [2.75, 3.05) is 13.1 Å². The maximum absolute atomic E-state index is 10.6. The predicted octanol–water partition coefficient (Wildman–Crippen LogP) is 4.16. The van der Waals surface area contributed by atoms with Crippen LogP contribution in [0.2, 0.25) is 5.02 Å². The van der Waals surface area contributed by atoms with E-state index in [2.05, 4.69) is 18.7 Å². The van der Waals surface area contributed by atoms with E-state index in [1.54, 1.807) is 12.1 Å². The molecule has 1 aliphatic rings. The van der Waals surface area contributed by atoms with Crippen molar-refractivity contribution < 1.29 is 28.2 Å². The number of benzene rings is 1. The van der Waals surface area contributed by atoms with Crippen molar-refractivity contribution in [3.05, 3.63) is 28.8 Å². The van der Waals surface area contributed by atoms with Gasteiger partial charge in [-0.1, -0.05) is 25.4 Å². The summed E-state index contributed by atoms with van der Waals surface area (Å²) < 4.78 is 31.7. The standard InChI is InChI=1S/C14H20ClNO.C2HF3O2/c1-10-5-11(2)8-16(7-10)9-12-6-13(15)3-4-14(12)17;3-2(4,5)1(6)7/h3-4,6,10-11,17H,5,7-9H2,1-2H3;(H,6,7). The van der Waals surface area contributed by atoms with Gasteiger partial charge in [-0.05, 0) is 36.5 Å². The molecule has 0 aromatic heterocycles. The highest BCUT2D eigenvalue weighted by atomic mass is 35.5. The quantitative estimate of drug-likeness (QED) is 0.824. The molecular weight excluding hydrogens is 347 g/mol. The van der Waals surface area contributed by atoms with Crippen molar-refractivity contribution in [3.63, 3.8) is 0 Å². The second kappa shape index (κ2) is 8.58. The molecule has 1 fully saturated rings. The highest BCUT2D eigenvalue weighted by molar-refractivity contribution is 6.30. The van der Waals surface area contributed by atoms with Gasteiger partial charge in [-0.15, -0.1) is 0 Å². The number of rotatable bonds is 2. The van der Waals surface area contributed by atoms with E-state index < -0.39 is 12.1 Å². The first-order valence-electron chi connectivity index (χ1n) is 7.49. The van der Waals surface area contributed by atoms with E-state index in [4.69, 9.17) is 21.5 Å². The summed E-state index contributed by atoms with van der Waals surface area (Å²) in [7, 11) is 0. The van der Waals surface area contributed by atoms with Crippen LogP contribution in [0, 0.1) is 11.8 Å². The zero-order valence-corrected chi connectivity index (χ0v) is 14.2. The Balaban J connectivity index is 0.000000351. The lowest BCUT2D eigenvalue weighted by molar-refractivity contribution is -0.192. The Morgan fingerprint density at radius 3 is 2.25 bits per heavy atom. The Morgan fingerprint density at radius 2 is 1.79 bits per heavy atom. The maximum Gasteiger partial charge on any atom is 0.490 e. The van der Waals surface area contributed by atoms with Gasteiger partial charge in [0.25, 0.3) is 0 Å². The zero-order chi connectivity index (χ0) is 18.5. The smallest absolute Gasteiger partial charge is 0.490 e. The summed E-state index contributed by atoms with van der Waals surface area (Å²) in [6.45, 7) is 7.59. The number of nitrogens with zero attached hydrogens (tertiary/aromatic N) is 1. The summed E-state index contributed by atoms with van der Waals surface area (Å²) in [5.41, 5.74) is 0.929. The SMILES string of the molecule is CC1CC(C)CN(Cc2cc(Cl)ccc2O)C1.O=C(O)C(F)(F)F. The number of likely N-dealkylation sites (tertiary alicyclic amines) is 1. The fourth-order valence-electron chi connectivity index (χ4n) is 2.84. The van der Waals surface area contributed by atoms with Gasteiger partial charge in [0.15, 0.2) is 0 Å². The van der Waals surface area contributed by atoms with Crippen LogP contribution in [0.1, 0.15) is 25.8 Å². The van der Waals surface area contributed by atoms with Crippen molar-refractivity contribution in [2.24, 2.45) is 11.8 Å². The van der Waals surface area contributed by atoms with Gasteiger partial charge in [0.05, 0.1) is 0 Å². The lowest BCUT2D eigenvalue weighted by atomic mass is 9.91. The Labute approximate surface area is 143 Å². The number of carboxylic acid groups (broad SMARTS) is 1. The van der Waals surface area contributed by atoms with Gasteiger partial charge < -0.3 is 10.2 Å². The van der Waals surface area contributed by atoms with Gasteiger partial charge in [0.1, 0.15) is 5.75 Å². The van der Waals surface area contributed by atoms with Crippen LogP contribution >= 0.6 is 11.6 Å². The van der Waals surface area contributed by atoms with Crippen LogP contribution in [-0.2, 0) is 11.3 Å². The number of aliphatic carboxylic acids is 1. The van der Waals surface area contributed by atoms with Gasteiger partial charge in [-0.2, -0.15) is 13.2 Å². The first-order chi connectivity index (χ1) is 11.0. The Hall–Kier alpha value is -1.47. The first-order valence-corrected chi connectivity index (χ1v) is 7.86. The topological polar surface area (TPSA) is 60.8 Å². The van der Waals surface area contributed by atoms with Crippen LogP contribution in [0.25, 0.3) is 0 Å². The number of halogens is 4. The van der Waals surface area contributed by atoms with E-state index in [-0.39, 0.29) is 0 Å². The molecule has 2 rings (SSSR count). The summed E-state index contributed by atoms with van der Waals surface area (Å²) in [4.78, 5) is 11.3. The maximum atomic E-state index is 10.6. The van der Waals surface area contributed by atoms with Crippen LogP contribution in [0.5, 0.6) is 5.75 Å². The summed E-state index contributed by atoms with van der Waals surface area (Å²) in [5, 5.41) is 17.6. The molecule has 0 radical (unpaired) electrons. The molecule has 4 nitrogen and oxygen atoms in total. The largest absolute Gasteiger partial charge is 0.508 e. The van der Waals surface area contributed by atoms with E-state index in [1.807, 2.05) is 6.07 Å². The van der Waals surface area contributed by atoms with E-state index in [9.17, 15) is 18.3 Å². The number of hydrogen-bond acceptors (Lipinski definition) is 3. The molecule has 24 heavy (non-hydrogen) atoms. The fraction of sp³-hybridized carbons (Fsp3) is 0.562. The lowest BCUT2D eigenvalue weighted by Crippen LogP contribution is -2.38. The van der Waals surface area contributed by atoms with Crippen molar-refractivity contribution >= 4 is 17.6 Å². The first kappa shape index (κ1) is 20.6. The highest BCUT2D eigenvalue weighted by Crippen LogP contribution is 2.27. The van der Waals surface area contributed by atoms with Gasteiger partial charge in [-0.3, -0.25) is 4.90 Å². The van der Waals surface area contributed by atoms with Crippen LogP contribution in [0.15, 0.2) is 18.2 Å². The van der Waals surface area contributed by atoms with E-state index in [0.717, 1.165) is 37.0 Å². The minimum Gasteiger partial charge on any atom is -0.508 e. The second-order valence-electron chi connectivity index (χ2n) is 6.22. The minimum absolute atomic E-state index is 0.347. The van der Waals surface area contributed by atoms with Crippen molar-refractivity contribution in [1.82, 2.24) is 4.90 Å². The van der Waals surface area contributed by atoms with E-state index in [1.165, 1.54) is 6.42 Å². The number of phenolic OH excluding ortho intramolecular Hbond substituents is 1. The van der Waals surface area contributed by atoms with Gasteiger partial charge >= 0.3 is 12.1 Å². The molecule has 2 N–H and O–H groups in total. The lowest BCUT2D eigenvalue weighted by Gasteiger charge is -2.35. The van der Waals surface area contributed by atoms with Crippen LogP contribution in [-0.4, -0.2) is 40.3 Å². The van der Waals surface area contributed by atoms with Gasteiger partial charge in [0.2, 0.25) is 0 Å². The molecule has 1 aromatic rings. The average Bonchev–Trinajstić information content (AvgIpc) is 2.41. The molecule has 0 aliphatic carbocycles. The number of phenols is 1. The molecule has 0 bridgehead atoms. The zero-order valence-electron chi connectivity index (χ0n) is 13.5. The molecule has 2 atom stereocenters. The highest BCUT2D eigenvalue weighted by Gasteiger charge is 2.38. The average molecular weight is 368 g/mol. The second-order valence-corrected chi connectivity index (χ2v) is 6.65. The summed E-state index contributed by atoms with van der Waals surface area (Å²) >= 11 is 5.96. The number of carbonyl (C=O) groups is 1. The molecule has 0 saturated carbocycles. The van der Waals surface area contributed by atoms with Crippen molar-refractivity contribution in [1.29, 1.82) is 0 Å². The van der Waals surface area contributed by atoms with Crippen LogP contribution < -0.4 is 0 Å². The molecular formula is C16H21ClF3NO3. The van der Waals surface area contributed by atoms with Crippen molar-refractivity contribution in [2.45, 2.75) is 33.0 Å². The van der Waals surface area contributed by atoms with Gasteiger partial charge in [-0.25, -0.2) is 4.79 Å². The van der Waals surface area contributed by atoms with Crippen LogP contribution in [0.4, 0.5) is 13.2 Å². The third kappa shape index (κ3) is 6.97. The fourth-order valence-corrected chi connectivity index (χ4v) is 3.04. The third-order valence-electron chi connectivity index (χ3n) is 3.62. The number of alkyl halides is 3. The molecule has 1 heterocycles. The monoisotopic (exact) mass is 367 g/mol. The van der Waals surface area contributed by atoms with Gasteiger partial charge in [0, 0.05) is 30.2 Å². The third-order valence-corrected chi connectivity index (χ3v) is 3.86. The molecule has 1 saturated heterocycles. The van der Waals surface area contributed by atoms with Crippen LogP contribution in [0.3, 0.4) is 0 Å². The molecule has 136 valence electrons. The number of aromatic hydroxyl groups is 1. The Kier molecular flexibility index (Phi) is 7.35. The van der Waals surface area contributed by atoms with E-state index in [0.29, 0.717) is 10.8 Å². The predicted molar refractivity (Wildman–Crippen MR) is 85.0 cm³/mol. The Bertz CT molecular complexity index is 556. The number of hydrogen-bond donors (Lipinski definition) is 2. The minimum atomic E-state index is -5.08. The normalized spacial score (nSPS) is 21.8. The molecule has 1 aromatic carbocycles. The summed E-state index contributed by atoms with van der Waals surface area (Å²) in [6.07, 6.45) is -3.78. The molecule has 0 amide bonds. The number of carboxylic acids is 1. The molecule has 1 aliphatic heterocycles. The Morgan fingerprint density at radius 1 is 1.29 bits per heavy atom. The van der Waals surface area contributed by atoms with E-state index >= 15 is 0 Å². The molecule has 0 spiro atoms. The molecule has 8 heteroatoms.